The fraction of sp³-hybridized carbons (Fsp3) is 0.643. The summed E-state index contributed by atoms with van der Waals surface area (Å²) >= 11 is 0. The number of hydrogen-bond acceptors (Lipinski definition) is 3. The summed E-state index contributed by atoms with van der Waals surface area (Å²) in [5, 5.41) is 9.32. The number of piperidine rings is 1. The quantitative estimate of drug-likeness (QED) is 0.688. The molecule has 18 heavy (non-hydrogen) atoms. The van der Waals surface area contributed by atoms with Crippen molar-refractivity contribution >= 4 is 5.91 Å². The van der Waals surface area contributed by atoms with Crippen LogP contribution in [0.5, 0.6) is 0 Å². The molecule has 0 saturated carbocycles. The monoisotopic (exact) mass is 252 g/mol. The summed E-state index contributed by atoms with van der Waals surface area (Å²) in [7, 11) is 0. The van der Waals surface area contributed by atoms with E-state index >= 15 is 0 Å². The molecule has 0 bridgehead atoms. The topological polar surface area (TPSA) is 43.8 Å². The molecule has 1 unspecified atom stereocenters. The molecule has 0 aliphatic carbocycles. The summed E-state index contributed by atoms with van der Waals surface area (Å²) in [4.78, 5) is 16.0. The van der Waals surface area contributed by atoms with E-state index in [9.17, 15) is 9.90 Å². The Labute approximate surface area is 110 Å². The molecule has 1 aliphatic heterocycles. The third kappa shape index (κ3) is 4.27. The number of carbonyl (C=O) groups is 1. The second-order valence-electron chi connectivity index (χ2n) is 4.68. The first-order valence-electron chi connectivity index (χ1n) is 6.57. The molecule has 1 heterocycles. The van der Waals surface area contributed by atoms with Crippen molar-refractivity contribution in [3.05, 3.63) is 25.3 Å². The molecular weight excluding hydrogens is 228 g/mol. The number of aliphatic hydroxyl groups is 1. The van der Waals surface area contributed by atoms with Gasteiger partial charge in [-0.05, 0) is 19.4 Å². The van der Waals surface area contributed by atoms with Gasteiger partial charge in [0.1, 0.15) is 0 Å². The Morgan fingerprint density at radius 1 is 1.33 bits per heavy atom. The highest BCUT2D eigenvalue weighted by atomic mass is 16.3. The number of hydrogen-bond donors (Lipinski definition) is 1. The van der Waals surface area contributed by atoms with Gasteiger partial charge >= 0.3 is 0 Å². The van der Waals surface area contributed by atoms with Crippen LogP contribution in [0.25, 0.3) is 0 Å². The molecule has 1 atom stereocenters. The van der Waals surface area contributed by atoms with E-state index in [1.54, 1.807) is 17.1 Å². The molecule has 0 aromatic heterocycles. The number of aliphatic hydroxyl groups excluding tert-OH is 1. The van der Waals surface area contributed by atoms with Crippen molar-refractivity contribution < 1.29 is 9.90 Å². The predicted molar refractivity (Wildman–Crippen MR) is 73.3 cm³/mol. The van der Waals surface area contributed by atoms with Gasteiger partial charge in [-0.25, -0.2) is 0 Å². The van der Waals surface area contributed by atoms with E-state index in [1.165, 1.54) is 0 Å². The fourth-order valence-electron chi connectivity index (χ4n) is 2.34. The molecule has 1 saturated heterocycles. The van der Waals surface area contributed by atoms with Crippen molar-refractivity contribution in [1.82, 2.24) is 9.80 Å². The predicted octanol–water partition coefficient (Wildman–Crippen LogP) is 1.03. The lowest BCUT2D eigenvalue weighted by Crippen LogP contribution is -2.48. The van der Waals surface area contributed by atoms with E-state index in [0.29, 0.717) is 19.6 Å². The maximum absolute atomic E-state index is 12.2. The zero-order chi connectivity index (χ0) is 13.4. The highest BCUT2D eigenvalue weighted by Gasteiger charge is 2.24. The van der Waals surface area contributed by atoms with Crippen LogP contribution < -0.4 is 0 Å². The van der Waals surface area contributed by atoms with Crippen molar-refractivity contribution in [3.8, 4) is 0 Å². The maximum Gasteiger partial charge on any atom is 0.237 e. The molecule has 0 aromatic carbocycles. The van der Waals surface area contributed by atoms with Crippen LogP contribution in [0, 0.1) is 0 Å². The van der Waals surface area contributed by atoms with Crippen LogP contribution in [0.2, 0.25) is 0 Å². The maximum atomic E-state index is 12.2. The van der Waals surface area contributed by atoms with E-state index in [0.717, 1.165) is 25.8 Å². The molecule has 1 fully saturated rings. The van der Waals surface area contributed by atoms with E-state index in [-0.39, 0.29) is 18.6 Å². The minimum absolute atomic E-state index is 0.0788. The summed E-state index contributed by atoms with van der Waals surface area (Å²) in [6, 6.07) is 0.136. The van der Waals surface area contributed by atoms with Crippen molar-refractivity contribution in [2.75, 3.05) is 32.8 Å². The summed E-state index contributed by atoms with van der Waals surface area (Å²) in [6.45, 7) is 9.82. The van der Waals surface area contributed by atoms with Gasteiger partial charge in [0.15, 0.2) is 0 Å². The number of amides is 1. The third-order valence-electron chi connectivity index (χ3n) is 3.35. The largest absolute Gasteiger partial charge is 0.395 e. The smallest absolute Gasteiger partial charge is 0.237 e. The Balaban J connectivity index is 2.54. The lowest BCUT2D eigenvalue weighted by molar-refractivity contribution is -0.132. The zero-order valence-corrected chi connectivity index (χ0v) is 11.1. The standard InChI is InChI=1S/C14H24N2O2/c1-3-8-15(9-4-2)14(18)11-16-10-6-5-7-13(16)12-17/h3-4,13,17H,1-2,5-12H2. The van der Waals surface area contributed by atoms with Crippen LogP contribution in [0.1, 0.15) is 19.3 Å². The molecule has 0 spiro atoms. The van der Waals surface area contributed by atoms with Crippen molar-refractivity contribution in [3.63, 3.8) is 0 Å². The number of carbonyl (C=O) groups excluding carboxylic acids is 1. The molecule has 1 aliphatic rings. The van der Waals surface area contributed by atoms with E-state index in [4.69, 9.17) is 0 Å². The van der Waals surface area contributed by atoms with Gasteiger partial charge in [0, 0.05) is 19.1 Å². The van der Waals surface area contributed by atoms with Gasteiger partial charge < -0.3 is 10.0 Å². The molecule has 0 radical (unpaired) electrons. The first-order chi connectivity index (χ1) is 8.72. The Morgan fingerprint density at radius 2 is 2.00 bits per heavy atom. The van der Waals surface area contributed by atoms with Crippen LogP contribution in [0.4, 0.5) is 0 Å². The van der Waals surface area contributed by atoms with Gasteiger partial charge in [0.2, 0.25) is 5.91 Å². The molecule has 1 amide bonds. The van der Waals surface area contributed by atoms with E-state index in [1.807, 2.05) is 0 Å². The molecule has 1 N–H and O–H groups in total. The molecular formula is C14H24N2O2. The minimum atomic E-state index is 0.0788. The summed E-state index contributed by atoms with van der Waals surface area (Å²) < 4.78 is 0. The normalized spacial score (nSPS) is 20.4. The van der Waals surface area contributed by atoms with Crippen molar-refractivity contribution in [2.45, 2.75) is 25.3 Å². The number of rotatable bonds is 7. The van der Waals surface area contributed by atoms with Crippen LogP contribution in [0.15, 0.2) is 25.3 Å². The average molecular weight is 252 g/mol. The SMILES string of the molecule is C=CCN(CC=C)C(=O)CN1CCCCC1CO. The molecule has 1 rings (SSSR count). The van der Waals surface area contributed by atoms with Gasteiger partial charge in [0.05, 0.1) is 13.2 Å². The second kappa shape index (κ2) is 8.06. The van der Waals surface area contributed by atoms with Crippen molar-refractivity contribution in [2.24, 2.45) is 0 Å². The lowest BCUT2D eigenvalue weighted by atomic mass is 10.0. The first-order valence-corrected chi connectivity index (χ1v) is 6.57. The van der Waals surface area contributed by atoms with Crippen LogP contribution in [-0.2, 0) is 4.79 Å². The third-order valence-corrected chi connectivity index (χ3v) is 3.35. The summed E-state index contributed by atoms with van der Waals surface area (Å²) in [5.41, 5.74) is 0. The molecule has 0 aromatic rings. The fourth-order valence-corrected chi connectivity index (χ4v) is 2.34. The van der Waals surface area contributed by atoms with Crippen molar-refractivity contribution in [1.29, 1.82) is 0 Å². The Hall–Kier alpha value is -1.13. The first kappa shape index (κ1) is 14.9. The highest BCUT2D eigenvalue weighted by molar-refractivity contribution is 5.78. The second-order valence-corrected chi connectivity index (χ2v) is 4.68. The minimum Gasteiger partial charge on any atom is -0.395 e. The highest BCUT2D eigenvalue weighted by Crippen LogP contribution is 2.16. The Morgan fingerprint density at radius 3 is 2.56 bits per heavy atom. The van der Waals surface area contributed by atoms with Gasteiger partial charge in [-0.2, -0.15) is 0 Å². The van der Waals surface area contributed by atoms with Gasteiger partial charge in [-0.15, -0.1) is 13.2 Å². The van der Waals surface area contributed by atoms with Gasteiger partial charge in [-0.1, -0.05) is 18.6 Å². The van der Waals surface area contributed by atoms with Crippen LogP contribution in [0.3, 0.4) is 0 Å². The Bertz CT molecular complexity index is 282. The van der Waals surface area contributed by atoms with E-state index in [2.05, 4.69) is 18.1 Å². The van der Waals surface area contributed by atoms with Crippen LogP contribution in [-0.4, -0.2) is 59.6 Å². The average Bonchev–Trinajstić information content (AvgIpc) is 2.39. The van der Waals surface area contributed by atoms with E-state index < -0.39 is 0 Å². The number of likely N-dealkylation sites (tertiary alicyclic amines) is 1. The van der Waals surface area contributed by atoms with Crippen LogP contribution >= 0.6 is 0 Å². The lowest BCUT2D eigenvalue weighted by Gasteiger charge is -2.35. The summed E-state index contributed by atoms with van der Waals surface area (Å²) in [5.74, 6) is 0.0788. The number of nitrogens with zero attached hydrogens (tertiary/aromatic N) is 2. The van der Waals surface area contributed by atoms with Gasteiger partial charge in [0.25, 0.3) is 0 Å². The molecule has 102 valence electrons. The zero-order valence-electron chi connectivity index (χ0n) is 11.1. The Kier molecular flexibility index (Phi) is 6.68. The van der Waals surface area contributed by atoms with Gasteiger partial charge in [-0.3, -0.25) is 9.69 Å². The molecule has 4 nitrogen and oxygen atoms in total. The molecule has 4 heteroatoms. The summed E-state index contributed by atoms with van der Waals surface area (Å²) in [6.07, 6.45) is 6.67.